The lowest BCUT2D eigenvalue weighted by atomic mass is 9.53. The fraction of sp³-hybridized carbons (Fsp3) is 0.710. The predicted molar refractivity (Wildman–Crippen MR) is 315 cm³/mol. The van der Waals surface area contributed by atoms with Gasteiger partial charge in [-0.2, -0.15) is 0 Å². The van der Waals surface area contributed by atoms with E-state index in [1.807, 2.05) is 0 Å². The topological polar surface area (TPSA) is 95.2 Å². The van der Waals surface area contributed by atoms with Crippen molar-refractivity contribution in [2.75, 3.05) is 46.1 Å². The summed E-state index contributed by atoms with van der Waals surface area (Å²) in [4.78, 5) is 3.40. The fourth-order valence-corrected chi connectivity index (χ4v) is 16.4. The third kappa shape index (κ3) is 15.1. The van der Waals surface area contributed by atoms with Crippen molar-refractivity contribution in [3.63, 3.8) is 0 Å². The number of hydrogen-bond acceptors (Lipinski definition) is 8. The van der Waals surface area contributed by atoms with Crippen molar-refractivity contribution in [3.8, 4) is 0 Å². The lowest BCUT2D eigenvalue weighted by molar-refractivity contribution is -0.218. The predicted octanol–water partition coefficient (Wildman–Crippen LogP) is 14.8. The molecular formula is C69H101N3O6. The number of rotatable bonds is 8. The molecule has 6 heterocycles. The smallest absolute Gasteiger partial charge is 0.157 e. The van der Waals surface area contributed by atoms with Crippen LogP contribution in [0.3, 0.4) is 0 Å². The molecule has 3 aromatic carbocycles. The summed E-state index contributed by atoms with van der Waals surface area (Å²) >= 11 is 0. The van der Waals surface area contributed by atoms with Crippen LogP contribution in [0.1, 0.15) is 207 Å². The highest BCUT2D eigenvalue weighted by Crippen LogP contribution is 2.54. The molecule has 0 radical (unpaired) electrons. The second-order valence-electron chi connectivity index (χ2n) is 25.7. The average Bonchev–Trinajstić information content (AvgIpc) is 4.20. The van der Waals surface area contributed by atoms with Crippen LogP contribution in [0, 0.1) is 17.8 Å². The van der Waals surface area contributed by atoms with Crippen LogP contribution in [0.15, 0.2) is 79.0 Å². The van der Waals surface area contributed by atoms with Crippen LogP contribution < -0.4 is 10.6 Å². The van der Waals surface area contributed by atoms with Gasteiger partial charge in [0.15, 0.2) is 12.6 Å². The van der Waals surface area contributed by atoms with Crippen LogP contribution in [-0.2, 0) is 53.1 Å². The Morgan fingerprint density at radius 2 is 1.22 bits per heavy atom. The summed E-state index contributed by atoms with van der Waals surface area (Å²) in [5.74, 6) is 3.62. The molecule has 4 aromatic rings. The zero-order chi connectivity index (χ0) is 52.6. The average molecular weight is 1070 g/mol. The van der Waals surface area contributed by atoms with Crippen molar-refractivity contribution < 1.29 is 28.4 Å². The number of piperidine rings is 2. The first kappa shape index (κ1) is 56.7. The molecule has 428 valence electrons. The number of nitrogens with one attached hydrogen (secondary N) is 3. The third-order valence-corrected chi connectivity index (χ3v) is 20.4. The van der Waals surface area contributed by atoms with Crippen molar-refractivity contribution in [3.05, 3.63) is 107 Å². The SMILES string of the molecule is C1CCCCC(OC2CCCCO2)CC(OC2CCCCO2)CCOCCC1.c1cc2c3c(c[nH]c3c1)CC1NCCCC21.c1ccc(CCOC2CC3CCC(C3)C2)cc1.c1ccc2c(c1)CC1NCCC23CCCCC13. The Bertz CT molecular complexity index is 2310. The maximum atomic E-state index is 6.43. The lowest BCUT2D eigenvalue weighted by Crippen LogP contribution is -2.59. The largest absolute Gasteiger partial charge is 0.381 e. The zero-order valence-electron chi connectivity index (χ0n) is 48.0. The van der Waals surface area contributed by atoms with Gasteiger partial charge in [-0.1, -0.05) is 125 Å². The van der Waals surface area contributed by atoms with E-state index in [1.54, 1.807) is 16.7 Å². The molecule has 5 aliphatic heterocycles. The van der Waals surface area contributed by atoms with E-state index in [4.69, 9.17) is 28.4 Å². The van der Waals surface area contributed by atoms with Crippen LogP contribution >= 0.6 is 0 Å². The first-order valence-electron chi connectivity index (χ1n) is 32.5. The van der Waals surface area contributed by atoms with Crippen LogP contribution in [-0.4, -0.2) is 94.1 Å². The van der Waals surface area contributed by atoms with Crippen LogP contribution in [0.5, 0.6) is 0 Å². The van der Waals surface area contributed by atoms with Crippen molar-refractivity contribution >= 4 is 10.9 Å². The van der Waals surface area contributed by atoms with Gasteiger partial charge in [-0.25, -0.2) is 0 Å². The molecule has 5 saturated heterocycles. The molecule has 3 saturated carbocycles. The molecule has 11 unspecified atom stereocenters. The van der Waals surface area contributed by atoms with Gasteiger partial charge in [-0.15, -0.1) is 0 Å². The summed E-state index contributed by atoms with van der Waals surface area (Å²) in [6.45, 7) is 6.62. The summed E-state index contributed by atoms with van der Waals surface area (Å²) < 4.78 is 36.5. The van der Waals surface area contributed by atoms with Crippen LogP contribution in [0.4, 0.5) is 0 Å². The Kier molecular flexibility index (Phi) is 21.3. The van der Waals surface area contributed by atoms with Crippen molar-refractivity contribution in [2.24, 2.45) is 17.8 Å². The van der Waals surface area contributed by atoms with E-state index in [9.17, 15) is 0 Å². The Morgan fingerprint density at radius 1 is 0.513 bits per heavy atom. The summed E-state index contributed by atoms with van der Waals surface area (Å²) in [5, 5.41) is 8.97. The Hall–Kier alpha value is -3.12. The number of hydrogen-bond donors (Lipinski definition) is 3. The Balaban J connectivity index is 0.000000113. The number of H-pyrrole nitrogens is 1. The highest BCUT2D eigenvalue weighted by atomic mass is 16.7. The summed E-state index contributed by atoms with van der Waals surface area (Å²) in [5.41, 5.74) is 9.66. The molecule has 9 heteroatoms. The van der Waals surface area contributed by atoms with E-state index in [0.717, 1.165) is 114 Å². The standard InChI is InChI=1S/C23H42O5.C16H21N.C16H22O.C14H16N2/c1-2-4-8-15-24-18-14-21(28-23-13-7-10-17-26-23)19-20(11-5-3-1)27-22-12-6-9-16-25-22;1-2-6-13-12(5-1)11-15-14-7-3-4-8-16(13,14)9-10-17-15;1-2-4-13(5-3-1)8-9-17-16-11-14-6-7-15(10-14)12-16;1-3-11-10-4-2-6-15-13(10)7-9-8-16-12(5-1)14(9)11/h20-23H,1-19H2;1-2,5-6,14-15,17H,3-4,7-11H2;1-5,14-16H,6-12H2;1,3,5,8,10,13,15-16H,2,4,6-7H2. The molecule has 78 heavy (non-hydrogen) atoms. The van der Waals surface area contributed by atoms with Crippen molar-refractivity contribution in [2.45, 2.75) is 247 Å². The molecule has 14 rings (SSSR count). The number of benzene rings is 3. The minimum absolute atomic E-state index is 0.0273. The molecular weight excluding hydrogens is 967 g/mol. The lowest BCUT2D eigenvalue weighted by Gasteiger charge is -2.56. The van der Waals surface area contributed by atoms with Crippen molar-refractivity contribution in [1.29, 1.82) is 0 Å². The van der Waals surface area contributed by atoms with E-state index in [-0.39, 0.29) is 24.8 Å². The van der Waals surface area contributed by atoms with Crippen LogP contribution in [0.25, 0.3) is 10.9 Å². The minimum Gasteiger partial charge on any atom is -0.381 e. The maximum absolute atomic E-state index is 6.43. The van der Waals surface area contributed by atoms with Gasteiger partial charge in [0.1, 0.15) is 0 Å². The molecule has 3 N–H and O–H groups in total. The maximum Gasteiger partial charge on any atom is 0.157 e. The summed E-state index contributed by atoms with van der Waals surface area (Å²) in [6.07, 6.45) is 40.8. The molecule has 9 nitrogen and oxygen atoms in total. The third-order valence-electron chi connectivity index (χ3n) is 20.4. The zero-order valence-corrected chi connectivity index (χ0v) is 48.0. The monoisotopic (exact) mass is 1070 g/mol. The first-order valence-corrected chi connectivity index (χ1v) is 32.5. The summed E-state index contributed by atoms with van der Waals surface area (Å²) in [7, 11) is 0. The van der Waals surface area contributed by atoms with Crippen molar-refractivity contribution in [1.82, 2.24) is 15.6 Å². The highest BCUT2D eigenvalue weighted by molar-refractivity contribution is 5.88. The summed E-state index contributed by atoms with van der Waals surface area (Å²) in [6, 6.07) is 28.1. The number of ether oxygens (including phenoxy) is 6. The Labute approximate surface area is 470 Å². The second kappa shape index (κ2) is 29.2. The van der Waals surface area contributed by atoms with E-state index >= 15 is 0 Å². The van der Waals surface area contributed by atoms with Gasteiger partial charge in [0.05, 0.1) is 24.9 Å². The van der Waals surface area contributed by atoms with Gasteiger partial charge < -0.3 is 44.0 Å². The van der Waals surface area contributed by atoms with E-state index in [1.165, 1.54) is 176 Å². The quantitative estimate of drug-likeness (QED) is 0.161. The number of aromatic nitrogens is 1. The molecule has 10 aliphatic rings. The molecule has 0 spiro atoms. The second-order valence-corrected chi connectivity index (χ2v) is 25.7. The van der Waals surface area contributed by atoms with E-state index in [2.05, 4.69) is 94.6 Å². The number of fused-ring (bicyclic) bond motifs is 5. The molecule has 11 atom stereocenters. The normalized spacial score (nSPS) is 33.8. The molecule has 0 amide bonds. The van der Waals surface area contributed by atoms with E-state index in [0.29, 0.717) is 17.6 Å². The van der Waals surface area contributed by atoms with Gasteiger partial charge >= 0.3 is 0 Å². The Morgan fingerprint density at radius 3 is 2.03 bits per heavy atom. The highest BCUT2D eigenvalue weighted by Gasteiger charge is 2.51. The van der Waals surface area contributed by atoms with Gasteiger partial charge in [-0.3, -0.25) is 0 Å². The molecule has 1 aromatic heterocycles. The molecule has 8 fully saturated rings. The molecule has 4 bridgehead atoms. The first-order chi connectivity index (χ1) is 38.6. The van der Waals surface area contributed by atoms with E-state index < -0.39 is 0 Å². The van der Waals surface area contributed by atoms with Crippen LogP contribution in [0.2, 0.25) is 0 Å². The van der Waals surface area contributed by atoms with Gasteiger partial charge in [0.2, 0.25) is 0 Å². The van der Waals surface area contributed by atoms with Gasteiger partial charge in [0.25, 0.3) is 0 Å². The minimum atomic E-state index is -0.0517. The van der Waals surface area contributed by atoms with Gasteiger partial charge in [-0.05, 0) is 193 Å². The number of aromatic amines is 1. The van der Waals surface area contributed by atoms with Gasteiger partial charge in [0, 0.05) is 73.4 Å². The molecule has 5 aliphatic carbocycles. The fourth-order valence-electron chi connectivity index (χ4n) is 16.4.